The van der Waals surface area contributed by atoms with Crippen LogP contribution in [0.15, 0.2) is 36.8 Å². The van der Waals surface area contributed by atoms with Crippen molar-refractivity contribution in [2.45, 2.75) is 25.7 Å². The van der Waals surface area contributed by atoms with Crippen LogP contribution in [-0.4, -0.2) is 15.0 Å². The van der Waals surface area contributed by atoms with Gasteiger partial charge < -0.3 is 4.98 Å². The van der Waals surface area contributed by atoms with Gasteiger partial charge in [0.15, 0.2) is 0 Å². The normalized spacial score (nSPS) is 15.0. The Hall–Kier alpha value is -2.16. The van der Waals surface area contributed by atoms with Crippen LogP contribution in [0.5, 0.6) is 0 Å². The van der Waals surface area contributed by atoms with Crippen LogP contribution < -0.4 is 0 Å². The van der Waals surface area contributed by atoms with E-state index in [1.807, 2.05) is 18.6 Å². The summed E-state index contributed by atoms with van der Waals surface area (Å²) in [5, 5.41) is 1.26. The minimum atomic E-state index is 0.644. The first-order valence-electron chi connectivity index (χ1n) is 6.71. The van der Waals surface area contributed by atoms with Gasteiger partial charge in [0.2, 0.25) is 0 Å². The first-order valence-corrected chi connectivity index (χ1v) is 6.71. The summed E-state index contributed by atoms with van der Waals surface area (Å²) in [4.78, 5) is 12.4. The molecule has 0 aliphatic heterocycles. The van der Waals surface area contributed by atoms with Crippen molar-refractivity contribution in [3.8, 4) is 11.3 Å². The minimum absolute atomic E-state index is 0.644. The smallest absolute Gasteiger partial charge is 0.0888 e. The zero-order valence-corrected chi connectivity index (χ0v) is 10.9. The van der Waals surface area contributed by atoms with Crippen LogP contribution in [0.2, 0.25) is 0 Å². The zero-order chi connectivity index (χ0) is 12.8. The highest BCUT2D eigenvalue weighted by Crippen LogP contribution is 2.39. The number of benzene rings is 1. The molecule has 0 spiro atoms. The maximum atomic E-state index is 4.75. The van der Waals surface area contributed by atoms with Gasteiger partial charge in [-0.1, -0.05) is 6.07 Å². The molecule has 1 aromatic carbocycles. The number of rotatable bonds is 2. The Morgan fingerprint density at radius 3 is 2.95 bits per heavy atom. The lowest BCUT2D eigenvalue weighted by Crippen LogP contribution is -1.92. The summed E-state index contributed by atoms with van der Waals surface area (Å²) in [6.07, 6.45) is 8.32. The number of aromatic nitrogens is 3. The third kappa shape index (κ3) is 1.82. The largest absolute Gasteiger partial charge is 0.361 e. The molecule has 3 heteroatoms. The molecule has 0 saturated heterocycles. The lowest BCUT2D eigenvalue weighted by atomic mass is 10.1. The van der Waals surface area contributed by atoms with Gasteiger partial charge in [-0.15, -0.1) is 0 Å². The highest BCUT2D eigenvalue weighted by atomic mass is 14.8. The molecule has 0 radical (unpaired) electrons. The van der Waals surface area contributed by atoms with Gasteiger partial charge in [-0.2, -0.15) is 0 Å². The Morgan fingerprint density at radius 1 is 1.21 bits per heavy atom. The number of nitrogens with one attached hydrogen (secondary N) is 1. The number of fused-ring (bicyclic) bond motifs is 1. The average Bonchev–Trinajstić information content (AvgIpc) is 3.24. The van der Waals surface area contributed by atoms with Crippen LogP contribution in [0.3, 0.4) is 0 Å². The lowest BCUT2D eigenvalue weighted by molar-refractivity contribution is 0.993. The van der Waals surface area contributed by atoms with Crippen molar-refractivity contribution in [1.82, 2.24) is 15.0 Å². The summed E-state index contributed by atoms with van der Waals surface area (Å²) in [7, 11) is 0. The Labute approximate surface area is 111 Å². The van der Waals surface area contributed by atoms with Gasteiger partial charge in [0.25, 0.3) is 0 Å². The molecule has 3 nitrogen and oxygen atoms in total. The molecule has 0 unspecified atom stereocenters. The third-order valence-electron chi connectivity index (χ3n) is 3.83. The average molecular weight is 249 g/mol. The van der Waals surface area contributed by atoms with Crippen molar-refractivity contribution in [1.29, 1.82) is 0 Å². The zero-order valence-electron chi connectivity index (χ0n) is 10.9. The van der Waals surface area contributed by atoms with Crippen molar-refractivity contribution in [3.05, 3.63) is 48.0 Å². The monoisotopic (exact) mass is 249 g/mol. The molecule has 1 aliphatic carbocycles. The van der Waals surface area contributed by atoms with E-state index in [1.54, 1.807) is 0 Å². The molecule has 0 bridgehead atoms. The summed E-state index contributed by atoms with van der Waals surface area (Å²) in [6, 6.07) is 6.42. The molecule has 0 atom stereocenters. The van der Waals surface area contributed by atoms with Gasteiger partial charge in [-0.25, -0.2) is 4.98 Å². The fourth-order valence-corrected chi connectivity index (χ4v) is 2.52. The predicted octanol–water partition coefficient (Wildman–Crippen LogP) is 3.81. The van der Waals surface area contributed by atoms with Crippen LogP contribution in [0.4, 0.5) is 0 Å². The summed E-state index contributed by atoms with van der Waals surface area (Å²) in [6.45, 7) is 2.12. The highest BCUT2D eigenvalue weighted by Gasteiger charge is 2.25. The standard InChI is InChI=1S/C16H15N3/c1-10-7-18-14-5-4-12(6-13(10)14)16-9-17-8-15(19-16)11-2-3-11/h4-9,11,18H,2-3H2,1H3. The molecule has 2 heterocycles. The maximum absolute atomic E-state index is 4.75. The number of nitrogens with zero attached hydrogens (tertiary/aromatic N) is 2. The Morgan fingerprint density at radius 2 is 2.11 bits per heavy atom. The van der Waals surface area contributed by atoms with Gasteiger partial charge in [0, 0.05) is 34.8 Å². The molecular weight excluding hydrogens is 234 g/mol. The molecule has 0 amide bonds. The van der Waals surface area contributed by atoms with Crippen LogP contribution >= 0.6 is 0 Å². The number of hydrogen-bond acceptors (Lipinski definition) is 2. The van der Waals surface area contributed by atoms with E-state index in [-0.39, 0.29) is 0 Å². The first-order chi connectivity index (χ1) is 9.31. The molecule has 19 heavy (non-hydrogen) atoms. The number of hydrogen-bond donors (Lipinski definition) is 1. The van der Waals surface area contributed by atoms with Crippen molar-refractivity contribution >= 4 is 10.9 Å². The second kappa shape index (κ2) is 3.92. The molecule has 1 aliphatic rings. The van der Waals surface area contributed by atoms with Gasteiger partial charge in [0.1, 0.15) is 0 Å². The van der Waals surface area contributed by atoms with Gasteiger partial charge in [-0.05, 0) is 37.5 Å². The van der Waals surface area contributed by atoms with E-state index in [9.17, 15) is 0 Å². The van der Waals surface area contributed by atoms with E-state index in [0.29, 0.717) is 5.92 Å². The van der Waals surface area contributed by atoms with E-state index in [1.165, 1.54) is 29.3 Å². The quantitative estimate of drug-likeness (QED) is 0.750. The van der Waals surface area contributed by atoms with E-state index < -0.39 is 0 Å². The molecule has 3 aromatic rings. The number of aryl methyl sites for hydroxylation is 1. The topological polar surface area (TPSA) is 41.6 Å². The number of H-pyrrole nitrogens is 1. The third-order valence-corrected chi connectivity index (χ3v) is 3.83. The molecule has 1 N–H and O–H groups in total. The first kappa shape index (κ1) is 10.7. The SMILES string of the molecule is Cc1c[nH]c2ccc(-c3cncc(C4CC4)n3)cc12. The minimum Gasteiger partial charge on any atom is -0.361 e. The van der Waals surface area contributed by atoms with E-state index in [4.69, 9.17) is 4.98 Å². The van der Waals surface area contributed by atoms with Gasteiger partial charge in [-0.3, -0.25) is 4.98 Å². The van der Waals surface area contributed by atoms with Crippen molar-refractivity contribution in [3.63, 3.8) is 0 Å². The second-order valence-electron chi connectivity index (χ2n) is 5.34. The van der Waals surface area contributed by atoms with E-state index in [0.717, 1.165) is 17.0 Å². The Balaban J connectivity index is 1.84. The molecule has 1 saturated carbocycles. The second-order valence-corrected chi connectivity index (χ2v) is 5.34. The molecular formula is C16H15N3. The van der Waals surface area contributed by atoms with E-state index >= 15 is 0 Å². The molecule has 1 fully saturated rings. The molecule has 94 valence electrons. The van der Waals surface area contributed by atoms with E-state index in [2.05, 4.69) is 35.1 Å². The van der Waals surface area contributed by atoms with Crippen LogP contribution in [-0.2, 0) is 0 Å². The van der Waals surface area contributed by atoms with Crippen LogP contribution in [0.25, 0.3) is 22.2 Å². The van der Waals surface area contributed by atoms with Gasteiger partial charge >= 0.3 is 0 Å². The van der Waals surface area contributed by atoms with Crippen molar-refractivity contribution in [2.75, 3.05) is 0 Å². The fraction of sp³-hybridized carbons (Fsp3) is 0.250. The van der Waals surface area contributed by atoms with Crippen molar-refractivity contribution in [2.24, 2.45) is 0 Å². The maximum Gasteiger partial charge on any atom is 0.0888 e. The summed E-state index contributed by atoms with van der Waals surface area (Å²) >= 11 is 0. The van der Waals surface area contributed by atoms with Crippen LogP contribution in [0, 0.1) is 6.92 Å². The highest BCUT2D eigenvalue weighted by molar-refractivity contribution is 5.87. The Kier molecular flexibility index (Phi) is 2.21. The number of aromatic amines is 1. The molecule has 4 rings (SSSR count). The van der Waals surface area contributed by atoms with Gasteiger partial charge in [0.05, 0.1) is 17.6 Å². The van der Waals surface area contributed by atoms with Crippen LogP contribution in [0.1, 0.15) is 30.0 Å². The summed E-state index contributed by atoms with van der Waals surface area (Å²) in [5.74, 6) is 0.644. The predicted molar refractivity (Wildman–Crippen MR) is 76.0 cm³/mol. The summed E-state index contributed by atoms with van der Waals surface area (Å²) in [5.41, 5.74) is 5.70. The van der Waals surface area contributed by atoms with Crippen molar-refractivity contribution < 1.29 is 0 Å². The molecule has 2 aromatic heterocycles. The lowest BCUT2D eigenvalue weighted by Gasteiger charge is -2.04. The summed E-state index contributed by atoms with van der Waals surface area (Å²) < 4.78 is 0. The fourth-order valence-electron chi connectivity index (χ4n) is 2.52. The Bertz CT molecular complexity index is 754.